The topological polar surface area (TPSA) is 53.5 Å². The zero-order valence-electron chi connectivity index (χ0n) is 17.2. The Labute approximate surface area is 177 Å². The number of aliphatic hydroxyl groups is 1. The molecule has 0 bridgehead atoms. The van der Waals surface area contributed by atoms with E-state index in [0.29, 0.717) is 44.2 Å². The quantitative estimate of drug-likeness (QED) is 0.439. The number of alkyl halides is 6. The molecule has 3 atom stereocenters. The lowest BCUT2D eigenvalue weighted by Gasteiger charge is -2.32. The van der Waals surface area contributed by atoms with Gasteiger partial charge >= 0.3 is 12.4 Å². The molecule has 1 unspecified atom stereocenters. The maximum atomic E-state index is 13.0. The minimum Gasteiger partial charge on any atom is -0.381 e. The summed E-state index contributed by atoms with van der Waals surface area (Å²) in [6.45, 7) is 3.00. The second kappa shape index (κ2) is 9.25. The second-order valence-electron chi connectivity index (χ2n) is 8.84. The van der Waals surface area contributed by atoms with E-state index in [-0.39, 0.29) is 24.2 Å². The van der Waals surface area contributed by atoms with Crippen LogP contribution in [0, 0.1) is 5.41 Å². The van der Waals surface area contributed by atoms with Crippen LogP contribution in [0.25, 0.3) is 0 Å². The summed E-state index contributed by atoms with van der Waals surface area (Å²) in [5.74, 6) is 0. The summed E-state index contributed by atoms with van der Waals surface area (Å²) >= 11 is 0. The van der Waals surface area contributed by atoms with Gasteiger partial charge in [0.15, 0.2) is 0 Å². The van der Waals surface area contributed by atoms with Gasteiger partial charge in [0, 0.05) is 37.3 Å². The number of aliphatic hydroxyl groups excluding tert-OH is 1. The molecule has 4 nitrogen and oxygen atoms in total. The number of rotatable bonds is 6. The average Bonchev–Trinajstić information content (AvgIpc) is 3.07. The molecule has 1 saturated heterocycles. The Hall–Kier alpha value is -1.36. The number of halogens is 6. The van der Waals surface area contributed by atoms with Gasteiger partial charge in [0.2, 0.25) is 0 Å². The van der Waals surface area contributed by atoms with Crippen LogP contribution in [0.4, 0.5) is 26.3 Å². The Morgan fingerprint density at radius 2 is 1.58 bits per heavy atom. The SMILES string of the molecule is C[C@]1(C(O)NCc2cc(C(F)(F)F)cc(C(F)(F)F)c2)CC[C@@H](NC2CCOCC2)C1. The zero-order chi connectivity index (χ0) is 22.9. The Morgan fingerprint density at radius 1 is 1.00 bits per heavy atom. The molecule has 1 heterocycles. The molecule has 3 rings (SSSR count). The Kier molecular flexibility index (Phi) is 7.25. The third-order valence-corrected chi connectivity index (χ3v) is 6.28. The number of benzene rings is 1. The molecule has 1 aliphatic carbocycles. The lowest BCUT2D eigenvalue weighted by Crippen LogP contribution is -2.44. The van der Waals surface area contributed by atoms with E-state index in [9.17, 15) is 31.4 Å². The predicted molar refractivity (Wildman–Crippen MR) is 102 cm³/mol. The van der Waals surface area contributed by atoms with Crippen LogP contribution in [0.3, 0.4) is 0 Å². The molecular weight excluding hydrogens is 426 g/mol. The first kappa shape index (κ1) is 24.3. The summed E-state index contributed by atoms with van der Waals surface area (Å²) in [5, 5.41) is 17.0. The number of nitrogens with one attached hydrogen (secondary N) is 2. The smallest absolute Gasteiger partial charge is 0.381 e. The molecule has 0 spiro atoms. The van der Waals surface area contributed by atoms with Gasteiger partial charge in [-0.25, -0.2) is 0 Å². The van der Waals surface area contributed by atoms with Gasteiger partial charge < -0.3 is 15.2 Å². The van der Waals surface area contributed by atoms with Crippen molar-refractivity contribution in [3.8, 4) is 0 Å². The van der Waals surface area contributed by atoms with E-state index in [4.69, 9.17) is 4.74 Å². The summed E-state index contributed by atoms with van der Waals surface area (Å²) in [6.07, 6.45) is -6.81. The number of hydrogen-bond acceptors (Lipinski definition) is 4. The minimum atomic E-state index is -4.89. The van der Waals surface area contributed by atoms with Gasteiger partial charge in [0.1, 0.15) is 6.23 Å². The third kappa shape index (κ3) is 6.34. The molecule has 176 valence electrons. The maximum absolute atomic E-state index is 13.0. The fourth-order valence-electron chi connectivity index (χ4n) is 4.44. The lowest BCUT2D eigenvalue weighted by molar-refractivity contribution is -0.143. The molecule has 3 N–H and O–H groups in total. The van der Waals surface area contributed by atoms with Crippen LogP contribution < -0.4 is 10.6 Å². The fourth-order valence-corrected chi connectivity index (χ4v) is 4.44. The molecule has 0 radical (unpaired) electrons. The van der Waals surface area contributed by atoms with Gasteiger partial charge in [-0.15, -0.1) is 0 Å². The molecule has 1 aromatic rings. The predicted octanol–water partition coefficient (Wildman–Crippen LogP) is 4.46. The van der Waals surface area contributed by atoms with E-state index in [2.05, 4.69) is 10.6 Å². The van der Waals surface area contributed by atoms with Crippen LogP contribution in [-0.4, -0.2) is 36.6 Å². The molecule has 1 aliphatic heterocycles. The molecule has 1 aromatic carbocycles. The van der Waals surface area contributed by atoms with Crippen molar-refractivity contribution < 1.29 is 36.2 Å². The maximum Gasteiger partial charge on any atom is 0.416 e. The van der Waals surface area contributed by atoms with Crippen molar-refractivity contribution in [1.29, 1.82) is 0 Å². The molecule has 1 saturated carbocycles. The molecule has 31 heavy (non-hydrogen) atoms. The highest BCUT2D eigenvalue weighted by atomic mass is 19.4. The van der Waals surface area contributed by atoms with Crippen molar-refractivity contribution in [2.24, 2.45) is 5.41 Å². The van der Waals surface area contributed by atoms with Crippen molar-refractivity contribution >= 4 is 0 Å². The van der Waals surface area contributed by atoms with E-state index in [1.807, 2.05) is 6.92 Å². The molecular formula is C21H28F6N2O2. The largest absolute Gasteiger partial charge is 0.416 e. The first-order valence-electron chi connectivity index (χ1n) is 10.4. The summed E-state index contributed by atoms with van der Waals surface area (Å²) in [6, 6.07) is 2.03. The normalized spacial score (nSPS) is 26.9. The highest BCUT2D eigenvalue weighted by Gasteiger charge is 2.41. The zero-order valence-corrected chi connectivity index (χ0v) is 17.2. The Bertz CT molecular complexity index is 716. The molecule has 10 heteroatoms. The summed E-state index contributed by atoms with van der Waals surface area (Å²) in [7, 11) is 0. The first-order chi connectivity index (χ1) is 14.4. The van der Waals surface area contributed by atoms with Gasteiger partial charge in [0.25, 0.3) is 0 Å². The van der Waals surface area contributed by atoms with E-state index in [1.54, 1.807) is 0 Å². The highest BCUT2D eigenvalue weighted by molar-refractivity contribution is 5.33. The van der Waals surface area contributed by atoms with E-state index < -0.39 is 35.1 Å². The molecule has 0 amide bonds. The van der Waals surface area contributed by atoms with E-state index >= 15 is 0 Å². The van der Waals surface area contributed by atoms with Gasteiger partial charge in [-0.3, -0.25) is 5.32 Å². The fraction of sp³-hybridized carbons (Fsp3) is 0.714. The third-order valence-electron chi connectivity index (χ3n) is 6.28. The van der Waals surface area contributed by atoms with Crippen molar-refractivity contribution in [2.45, 2.75) is 76.2 Å². The highest BCUT2D eigenvalue weighted by Crippen LogP contribution is 2.41. The Morgan fingerprint density at radius 3 is 2.13 bits per heavy atom. The summed E-state index contributed by atoms with van der Waals surface area (Å²) in [5.41, 5.74) is -3.43. The average molecular weight is 454 g/mol. The molecule has 2 fully saturated rings. The molecule has 0 aromatic heterocycles. The summed E-state index contributed by atoms with van der Waals surface area (Å²) in [4.78, 5) is 0. The van der Waals surface area contributed by atoms with Crippen molar-refractivity contribution in [3.63, 3.8) is 0 Å². The van der Waals surface area contributed by atoms with Gasteiger partial charge in [0.05, 0.1) is 11.1 Å². The van der Waals surface area contributed by atoms with Crippen LogP contribution in [0.15, 0.2) is 18.2 Å². The summed E-state index contributed by atoms with van der Waals surface area (Å²) < 4.78 is 83.5. The number of hydrogen-bond donors (Lipinski definition) is 3. The van der Waals surface area contributed by atoms with E-state index in [0.717, 1.165) is 19.3 Å². The van der Waals surface area contributed by atoms with Crippen molar-refractivity contribution in [1.82, 2.24) is 10.6 Å². The van der Waals surface area contributed by atoms with Gasteiger partial charge in [-0.2, -0.15) is 26.3 Å². The van der Waals surface area contributed by atoms with Crippen LogP contribution in [0.5, 0.6) is 0 Å². The number of ether oxygens (including phenoxy) is 1. The van der Waals surface area contributed by atoms with E-state index in [1.165, 1.54) is 0 Å². The monoisotopic (exact) mass is 454 g/mol. The van der Waals surface area contributed by atoms with Crippen LogP contribution >= 0.6 is 0 Å². The van der Waals surface area contributed by atoms with Gasteiger partial charge in [-0.1, -0.05) is 6.92 Å². The van der Waals surface area contributed by atoms with Crippen molar-refractivity contribution in [3.05, 3.63) is 34.9 Å². The first-order valence-corrected chi connectivity index (χ1v) is 10.4. The minimum absolute atomic E-state index is 0.102. The Balaban J connectivity index is 1.62. The van der Waals surface area contributed by atoms with Gasteiger partial charge in [-0.05, 0) is 55.9 Å². The van der Waals surface area contributed by atoms with Crippen LogP contribution in [0.2, 0.25) is 0 Å². The van der Waals surface area contributed by atoms with Crippen LogP contribution in [-0.2, 0) is 23.6 Å². The molecule has 2 aliphatic rings. The van der Waals surface area contributed by atoms with Crippen LogP contribution in [0.1, 0.15) is 55.7 Å². The second-order valence-corrected chi connectivity index (χ2v) is 8.84. The van der Waals surface area contributed by atoms with Crippen molar-refractivity contribution in [2.75, 3.05) is 13.2 Å². The standard InChI is InChI=1S/C21H28F6N2O2/c1-19(5-2-17(11-19)29-16-3-6-31-7-4-16)18(30)28-12-13-8-14(20(22,23)24)10-15(9-13)21(25,26)27/h8-10,16-18,28-30H,2-7,11-12H2,1H3/t17-,18?,19+/m1/s1. The lowest BCUT2D eigenvalue weighted by atomic mass is 9.86.